The van der Waals surface area contributed by atoms with Gasteiger partial charge in [-0.2, -0.15) is 5.10 Å². The van der Waals surface area contributed by atoms with E-state index in [1.807, 2.05) is 30.4 Å². The first-order chi connectivity index (χ1) is 11.3. The van der Waals surface area contributed by atoms with Crippen molar-refractivity contribution in [2.45, 2.75) is 58.7 Å². The Labute approximate surface area is 141 Å². The van der Waals surface area contributed by atoms with E-state index in [0.29, 0.717) is 26.1 Å². The lowest BCUT2D eigenvalue weighted by molar-refractivity contribution is -0.117. The number of carbonyl (C=O) groups excluding carboxylic acids is 2. The third kappa shape index (κ3) is 2.65. The maximum Gasteiger partial charge on any atom is 0.410 e. The Morgan fingerprint density at radius 3 is 2.67 bits per heavy atom. The predicted molar refractivity (Wildman–Crippen MR) is 87.5 cm³/mol. The van der Waals surface area contributed by atoms with E-state index >= 15 is 0 Å². The molecule has 3 aliphatic rings. The number of hydrogen-bond acceptors (Lipinski definition) is 4. The van der Waals surface area contributed by atoms with Gasteiger partial charge >= 0.3 is 6.09 Å². The number of ether oxygens (including phenoxy) is 1. The van der Waals surface area contributed by atoms with E-state index in [1.54, 1.807) is 11.1 Å². The molecule has 2 amide bonds. The van der Waals surface area contributed by atoms with Crippen molar-refractivity contribution in [3.8, 4) is 0 Å². The molecule has 0 aromatic carbocycles. The van der Waals surface area contributed by atoms with Crippen molar-refractivity contribution in [3.05, 3.63) is 11.9 Å². The first-order valence-electron chi connectivity index (χ1n) is 8.59. The Morgan fingerprint density at radius 1 is 1.29 bits per heavy atom. The van der Waals surface area contributed by atoms with Crippen LogP contribution in [0.4, 0.5) is 10.5 Å². The second-order valence-electron chi connectivity index (χ2n) is 8.26. The zero-order valence-corrected chi connectivity index (χ0v) is 14.5. The van der Waals surface area contributed by atoms with Crippen LogP contribution < -0.4 is 4.90 Å². The molecule has 1 spiro atoms. The third-order valence-electron chi connectivity index (χ3n) is 5.07. The number of fused-ring (bicyclic) bond motifs is 1. The van der Waals surface area contributed by atoms with Gasteiger partial charge in [0.25, 0.3) is 0 Å². The lowest BCUT2D eigenvalue weighted by Gasteiger charge is -2.31. The van der Waals surface area contributed by atoms with Crippen LogP contribution in [0.3, 0.4) is 0 Å². The van der Waals surface area contributed by atoms with Crippen molar-refractivity contribution in [1.82, 2.24) is 14.7 Å². The summed E-state index contributed by atoms with van der Waals surface area (Å²) < 4.78 is 7.38. The minimum atomic E-state index is -0.513. The van der Waals surface area contributed by atoms with Crippen LogP contribution >= 0.6 is 0 Å². The van der Waals surface area contributed by atoms with Gasteiger partial charge in [0.1, 0.15) is 5.60 Å². The molecule has 7 nitrogen and oxygen atoms in total. The molecule has 1 aromatic heterocycles. The number of nitrogens with zero attached hydrogens (tertiary/aromatic N) is 4. The molecule has 0 bridgehead atoms. The molecule has 4 rings (SSSR count). The number of amides is 2. The van der Waals surface area contributed by atoms with Gasteiger partial charge in [-0.3, -0.25) is 9.48 Å². The zero-order chi connectivity index (χ0) is 17.1. The summed E-state index contributed by atoms with van der Waals surface area (Å²) >= 11 is 0. The van der Waals surface area contributed by atoms with Gasteiger partial charge in [-0.25, -0.2) is 4.79 Å². The third-order valence-corrected chi connectivity index (χ3v) is 5.07. The highest BCUT2D eigenvalue weighted by Crippen LogP contribution is 2.54. The fourth-order valence-corrected chi connectivity index (χ4v) is 3.57. The lowest BCUT2D eigenvalue weighted by Crippen LogP contribution is -2.42. The molecule has 0 radical (unpaired) electrons. The number of carbonyl (C=O) groups is 2. The van der Waals surface area contributed by atoms with Gasteiger partial charge in [-0.05, 0) is 39.0 Å². The molecule has 24 heavy (non-hydrogen) atoms. The van der Waals surface area contributed by atoms with Crippen LogP contribution in [0.15, 0.2) is 6.20 Å². The molecular weight excluding hydrogens is 308 g/mol. The normalized spacial score (nSPS) is 22.0. The smallest absolute Gasteiger partial charge is 0.410 e. The van der Waals surface area contributed by atoms with E-state index in [0.717, 1.165) is 30.8 Å². The van der Waals surface area contributed by atoms with Gasteiger partial charge in [-0.15, -0.1) is 0 Å². The van der Waals surface area contributed by atoms with Gasteiger partial charge in [0, 0.05) is 19.5 Å². The summed E-state index contributed by atoms with van der Waals surface area (Å²) in [6.07, 6.45) is 4.39. The summed E-state index contributed by atoms with van der Waals surface area (Å²) in [5.41, 5.74) is 1.49. The first kappa shape index (κ1) is 15.5. The zero-order valence-electron chi connectivity index (χ0n) is 14.5. The number of hydrogen-bond donors (Lipinski definition) is 0. The fourth-order valence-electron chi connectivity index (χ4n) is 3.57. The van der Waals surface area contributed by atoms with Crippen molar-refractivity contribution in [2.24, 2.45) is 5.41 Å². The molecule has 1 saturated carbocycles. The molecule has 0 unspecified atom stereocenters. The SMILES string of the molecule is CC(C)(C)OC(=O)N1CCn2ncc(N3CC4(CC4)CC3=O)c2C1. The van der Waals surface area contributed by atoms with Crippen LogP contribution in [0, 0.1) is 5.41 Å². The Hall–Kier alpha value is -2.05. The van der Waals surface area contributed by atoms with Crippen LogP contribution in [0.25, 0.3) is 0 Å². The van der Waals surface area contributed by atoms with E-state index in [4.69, 9.17) is 4.74 Å². The molecule has 1 saturated heterocycles. The minimum absolute atomic E-state index is 0.178. The molecule has 0 N–H and O–H groups in total. The number of anilines is 1. The van der Waals surface area contributed by atoms with Crippen molar-refractivity contribution >= 4 is 17.7 Å². The first-order valence-corrected chi connectivity index (χ1v) is 8.59. The Bertz CT molecular complexity index is 699. The monoisotopic (exact) mass is 332 g/mol. The summed E-state index contributed by atoms with van der Waals surface area (Å²) in [5.74, 6) is 0.178. The van der Waals surface area contributed by atoms with Gasteiger partial charge < -0.3 is 14.5 Å². The van der Waals surface area contributed by atoms with Crippen molar-refractivity contribution in [3.63, 3.8) is 0 Å². The summed E-state index contributed by atoms with van der Waals surface area (Å²) in [6.45, 7) is 8.01. The second kappa shape index (κ2) is 4.97. The lowest BCUT2D eigenvalue weighted by atomic mass is 10.1. The topological polar surface area (TPSA) is 67.7 Å². The summed E-state index contributed by atoms with van der Waals surface area (Å²) in [6, 6.07) is 0. The maximum atomic E-state index is 12.4. The second-order valence-corrected chi connectivity index (χ2v) is 8.26. The van der Waals surface area contributed by atoms with Crippen LogP contribution in [0.2, 0.25) is 0 Å². The van der Waals surface area contributed by atoms with Crippen LogP contribution in [-0.2, 0) is 22.6 Å². The molecule has 130 valence electrons. The Balaban J connectivity index is 1.54. The van der Waals surface area contributed by atoms with E-state index in [1.165, 1.54) is 0 Å². The van der Waals surface area contributed by atoms with Crippen LogP contribution in [0.5, 0.6) is 0 Å². The molecule has 1 aromatic rings. The predicted octanol–water partition coefficient (Wildman–Crippen LogP) is 2.15. The van der Waals surface area contributed by atoms with Crippen LogP contribution in [0.1, 0.15) is 45.7 Å². The van der Waals surface area contributed by atoms with Gasteiger partial charge in [-0.1, -0.05) is 0 Å². The summed E-state index contributed by atoms with van der Waals surface area (Å²) in [4.78, 5) is 28.3. The minimum Gasteiger partial charge on any atom is -0.444 e. The maximum absolute atomic E-state index is 12.4. The Kier molecular flexibility index (Phi) is 3.21. The van der Waals surface area contributed by atoms with Gasteiger partial charge in [0.15, 0.2) is 0 Å². The van der Waals surface area contributed by atoms with Gasteiger partial charge in [0.2, 0.25) is 5.91 Å². The number of rotatable bonds is 1. The van der Waals surface area contributed by atoms with Crippen molar-refractivity contribution in [2.75, 3.05) is 18.0 Å². The summed E-state index contributed by atoms with van der Waals surface area (Å²) in [7, 11) is 0. The van der Waals surface area contributed by atoms with E-state index in [-0.39, 0.29) is 17.4 Å². The standard InChI is InChI=1S/C17H24N4O3/c1-16(2,3)24-15(23)19-6-7-21-13(10-19)12(9-18-21)20-11-17(4-5-17)8-14(20)22/h9H,4-8,10-11H2,1-3H3. The number of aromatic nitrogens is 2. The molecule has 7 heteroatoms. The van der Waals surface area contributed by atoms with Crippen LogP contribution in [-0.4, -0.2) is 45.4 Å². The van der Waals surface area contributed by atoms with E-state index in [9.17, 15) is 9.59 Å². The van der Waals surface area contributed by atoms with Gasteiger partial charge in [0.05, 0.1) is 30.7 Å². The average molecular weight is 332 g/mol. The highest BCUT2D eigenvalue weighted by atomic mass is 16.6. The average Bonchev–Trinajstić information content (AvgIpc) is 2.98. The van der Waals surface area contributed by atoms with Crippen molar-refractivity contribution < 1.29 is 14.3 Å². The quantitative estimate of drug-likeness (QED) is 0.790. The fraction of sp³-hybridized carbons (Fsp3) is 0.706. The molecule has 1 aliphatic carbocycles. The molecular formula is C17H24N4O3. The van der Waals surface area contributed by atoms with Crippen molar-refractivity contribution in [1.29, 1.82) is 0 Å². The summed E-state index contributed by atoms with van der Waals surface area (Å²) in [5, 5.41) is 4.42. The molecule has 3 heterocycles. The molecule has 2 aliphatic heterocycles. The Morgan fingerprint density at radius 2 is 2.04 bits per heavy atom. The van der Waals surface area contributed by atoms with E-state index in [2.05, 4.69) is 5.10 Å². The largest absolute Gasteiger partial charge is 0.444 e. The molecule has 0 atom stereocenters. The molecule has 2 fully saturated rings. The highest BCUT2D eigenvalue weighted by molar-refractivity contribution is 5.97. The van der Waals surface area contributed by atoms with E-state index < -0.39 is 5.60 Å². The highest BCUT2D eigenvalue weighted by Gasteiger charge is 2.52.